The average Bonchev–Trinajstić information content (AvgIpc) is 3.39. The first-order valence-corrected chi connectivity index (χ1v) is 9.67. The molecule has 3 aromatic heterocycles. The summed E-state index contributed by atoms with van der Waals surface area (Å²) in [5, 5.41) is 11.9. The van der Waals surface area contributed by atoms with Gasteiger partial charge in [0.15, 0.2) is 0 Å². The molecule has 1 aliphatic carbocycles. The van der Waals surface area contributed by atoms with Crippen molar-refractivity contribution in [1.82, 2.24) is 29.9 Å². The summed E-state index contributed by atoms with van der Waals surface area (Å²) in [6, 6.07) is 4.18. The van der Waals surface area contributed by atoms with E-state index in [0.717, 1.165) is 29.1 Å². The maximum absolute atomic E-state index is 6.26. The highest BCUT2D eigenvalue weighted by atomic mass is 35.5. The van der Waals surface area contributed by atoms with E-state index in [1.807, 2.05) is 19.1 Å². The van der Waals surface area contributed by atoms with Crippen molar-refractivity contribution in [3.05, 3.63) is 46.6 Å². The van der Waals surface area contributed by atoms with Gasteiger partial charge in [0.2, 0.25) is 0 Å². The van der Waals surface area contributed by atoms with E-state index < -0.39 is 0 Å². The van der Waals surface area contributed by atoms with E-state index >= 15 is 0 Å². The molecular weight excluding hydrogens is 394 g/mol. The number of nitrogens with one attached hydrogen (secondary N) is 1. The van der Waals surface area contributed by atoms with Crippen LogP contribution in [0.3, 0.4) is 0 Å². The van der Waals surface area contributed by atoms with E-state index in [4.69, 9.17) is 21.1 Å². The summed E-state index contributed by atoms with van der Waals surface area (Å²) in [5.41, 5.74) is 2.61. The van der Waals surface area contributed by atoms with Crippen molar-refractivity contribution in [2.24, 2.45) is 13.0 Å². The third kappa shape index (κ3) is 4.56. The van der Waals surface area contributed by atoms with Gasteiger partial charge in [0, 0.05) is 30.1 Å². The zero-order valence-electron chi connectivity index (χ0n) is 16.5. The normalized spacial score (nSPS) is 17.8. The Morgan fingerprint density at radius 2 is 2.14 bits per heavy atom. The summed E-state index contributed by atoms with van der Waals surface area (Å²) in [7, 11) is 3.41. The summed E-state index contributed by atoms with van der Waals surface area (Å²) >= 11 is 6.26. The van der Waals surface area contributed by atoms with E-state index in [-0.39, 0.29) is 6.01 Å². The molecule has 0 aromatic carbocycles. The number of rotatable bonds is 8. The number of hydrogen-bond acceptors (Lipinski definition) is 8. The molecule has 1 saturated carbocycles. The molecule has 4 rings (SSSR count). The van der Waals surface area contributed by atoms with Crippen LogP contribution >= 0.6 is 11.6 Å². The minimum atomic E-state index is 0.260. The molecule has 0 spiro atoms. The topological polar surface area (TPSA) is 99.9 Å². The van der Waals surface area contributed by atoms with Gasteiger partial charge in [0.05, 0.1) is 32.7 Å². The molecule has 0 aliphatic heterocycles. The summed E-state index contributed by atoms with van der Waals surface area (Å²) in [4.78, 5) is 14.7. The SMILES string of the molecule is COc1ccc([C@H]2C[C@@H]2COc2nc(Cl)c(C)c(NCc3cnn(C)n3)n2)nc1. The number of halogens is 1. The standard InChI is InChI=1S/C19H22ClN7O2/c1-11-17(20)24-19(25-18(11)22-7-13-8-23-27(2)26-13)29-10-12-6-15(12)16-5-4-14(28-3)9-21-16/h4-5,8-9,12,15H,6-7,10H2,1-3H3,(H,22,24,25)/t12-,15+/m1/s1. The van der Waals surface area contributed by atoms with Crippen LogP contribution in [-0.4, -0.2) is 43.7 Å². The highest BCUT2D eigenvalue weighted by Gasteiger charge is 2.40. The van der Waals surface area contributed by atoms with Crippen LogP contribution in [0.4, 0.5) is 5.82 Å². The average molecular weight is 416 g/mol. The van der Waals surface area contributed by atoms with Gasteiger partial charge in [-0.2, -0.15) is 25.0 Å². The number of anilines is 1. The maximum Gasteiger partial charge on any atom is 0.319 e. The predicted octanol–water partition coefficient (Wildman–Crippen LogP) is 2.77. The Bertz CT molecular complexity index is 993. The fourth-order valence-electron chi connectivity index (χ4n) is 3.06. The Morgan fingerprint density at radius 1 is 1.28 bits per heavy atom. The molecule has 9 nitrogen and oxygen atoms in total. The van der Waals surface area contributed by atoms with Crippen LogP contribution in [-0.2, 0) is 13.6 Å². The molecule has 1 N–H and O–H groups in total. The van der Waals surface area contributed by atoms with E-state index in [2.05, 4.69) is 30.5 Å². The Labute approximate surface area is 173 Å². The molecule has 152 valence electrons. The van der Waals surface area contributed by atoms with Crippen molar-refractivity contribution in [1.29, 1.82) is 0 Å². The second-order valence-corrected chi connectivity index (χ2v) is 7.34. The largest absolute Gasteiger partial charge is 0.495 e. The minimum absolute atomic E-state index is 0.260. The van der Waals surface area contributed by atoms with Crippen LogP contribution < -0.4 is 14.8 Å². The fourth-order valence-corrected chi connectivity index (χ4v) is 3.22. The number of nitrogens with zero attached hydrogens (tertiary/aromatic N) is 6. The molecule has 0 unspecified atom stereocenters. The first-order valence-electron chi connectivity index (χ1n) is 9.29. The van der Waals surface area contributed by atoms with Crippen molar-refractivity contribution in [2.75, 3.05) is 19.0 Å². The Balaban J connectivity index is 1.35. The predicted molar refractivity (Wildman–Crippen MR) is 107 cm³/mol. The molecular formula is C19H22ClN7O2. The van der Waals surface area contributed by atoms with Crippen LogP contribution in [0.2, 0.25) is 5.15 Å². The number of hydrogen-bond donors (Lipinski definition) is 1. The molecule has 3 aromatic rings. The first-order chi connectivity index (χ1) is 14.0. The van der Waals surface area contributed by atoms with E-state index in [1.165, 1.54) is 4.80 Å². The van der Waals surface area contributed by atoms with E-state index in [0.29, 0.717) is 36.0 Å². The van der Waals surface area contributed by atoms with Crippen LogP contribution in [0.5, 0.6) is 11.8 Å². The summed E-state index contributed by atoms with van der Waals surface area (Å²) in [6.07, 6.45) is 4.46. The zero-order chi connectivity index (χ0) is 20.4. The first kappa shape index (κ1) is 19.4. The van der Waals surface area contributed by atoms with Gasteiger partial charge < -0.3 is 14.8 Å². The second-order valence-electron chi connectivity index (χ2n) is 6.99. The molecule has 10 heteroatoms. The monoisotopic (exact) mass is 415 g/mol. The summed E-state index contributed by atoms with van der Waals surface area (Å²) in [6.45, 7) is 2.86. The van der Waals surface area contributed by atoms with Gasteiger partial charge in [-0.3, -0.25) is 4.98 Å². The number of ether oxygens (including phenoxy) is 2. The van der Waals surface area contributed by atoms with Crippen molar-refractivity contribution in [3.8, 4) is 11.8 Å². The van der Waals surface area contributed by atoms with Crippen LogP contribution in [0, 0.1) is 12.8 Å². The summed E-state index contributed by atoms with van der Waals surface area (Å²) < 4.78 is 11.0. The zero-order valence-corrected chi connectivity index (χ0v) is 17.2. The third-order valence-corrected chi connectivity index (χ3v) is 5.24. The van der Waals surface area contributed by atoms with E-state index in [9.17, 15) is 0 Å². The van der Waals surface area contributed by atoms with Gasteiger partial charge in [-0.05, 0) is 25.5 Å². The smallest absolute Gasteiger partial charge is 0.319 e. The number of aromatic nitrogens is 6. The highest BCUT2D eigenvalue weighted by Crippen LogP contribution is 2.46. The lowest BCUT2D eigenvalue weighted by molar-refractivity contribution is 0.274. The van der Waals surface area contributed by atoms with Gasteiger partial charge in [0.25, 0.3) is 0 Å². The Hall–Kier alpha value is -2.94. The van der Waals surface area contributed by atoms with Gasteiger partial charge >= 0.3 is 6.01 Å². The second kappa shape index (κ2) is 8.20. The van der Waals surface area contributed by atoms with Crippen molar-refractivity contribution in [2.45, 2.75) is 25.8 Å². The molecule has 0 amide bonds. The third-order valence-electron chi connectivity index (χ3n) is 4.87. The molecule has 1 fully saturated rings. The van der Waals surface area contributed by atoms with E-state index in [1.54, 1.807) is 26.6 Å². The quantitative estimate of drug-likeness (QED) is 0.560. The highest BCUT2D eigenvalue weighted by molar-refractivity contribution is 6.30. The van der Waals surface area contributed by atoms with Gasteiger partial charge in [0.1, 0.15) is 22.4 Å². The number of pyridine rings is 1. The van der Waals surface area contributed by atoms with Gasteiger partial charge in [-0.1, -0.05) is 11.6 Å². The number of aryl methyl sites for hydroxylation is 1. The van der Waals surface area contributed by atoms with Crippen LogP contribution in [0.1, 0.15) is 29.3 Å². The molecule has 29 heavy (non-hydrogen) atoms. The molecule has 0 bridgehead atoms. The lowest BCUT2D eigenvalue weighted by Gasteiger charge is -2.11. The van der Waals surface area contributed by atoms with Crippen molar-refractivity contribution in [3.63, 3.8) is 0 Å². The molecule has 3 heterocycles. The number of methoxy groups -OCH3 is 1. The molecule has 0 saturated heterocycles. The van der Waals surface area contributed by atoms with Crippen molar-refractivity contribution < 1.29 is 9.47 Å². The lowest BCUT2D eigenvalue weighted by Crippen LogP contribution is -2.09. The van der Waals surface area contributed by atoms with Gasteiger partial charge in [-0.15, -0.1) is 0 Å². The molecule has 0 radical (unpaired) electrons. The van der Waals surface area contributed by atoms with Crippen LogP contribution in [0.25, 0.3) is 0 Å². The summed E-state index contributed by atoms with van der Waals surface area (Å²) in [5.74, 6) is 2.15. The Morgan fingerprint density at radius 3 is 2.83 bits per heavy atom. The fraction of sp³-hybridized carbons (Fsp3) is 0.421. The van der Waals surface area contributed by atoms with Crippen molar-refractivity contribution >= 4 is 17.4 Å². The maximum atomic E-state index is 6.26. The minimum Gasteiger partial charge on any atom is -0.495 e. The van der Waals surface area contributed by atoms with Crippen LogP contribution in [0.15, 0.2) is 24.5 Å². The molecule has 1 aliphatic rings. The Kier molecular flexibility index (Phi) is 5.48. The molecule has 2 atom stereocenters. The van der Waals surface area contributed by atoms with Gasteiger partial charge in [-0.25, -0.2) is 0 Å². The lowest BCUT2D eigenvalue weighted by atomic mass is 10.2.